The van der Waals surface area contributed by atoms with Crippen LogP contribution in [0.3, 0.4) is 0 Å². The fraction of sp³-hybridized carbons (Fsp3) is 0.130. The van der Waals surface area contributed by atoms with E-state index in [1.54, 1.807) is 24.4 Å². The van der Waals surface area contributed by atoms with E-state index in [0.29, 0.717) is 22.2 Å². The van der Waals surface area contributed by atoms with E-state index >= 15 is 0 Å². The van der Waals surface area contributed by atoms with Gasteiger partial charge in [-0.05, 0) is 41.5 Å². The van der Waals surface area contributed by atoms with Gasteiger partial charge in [0.25, 0.3) is 0 Å². The molecule has 0 atom stereocenters. The molecule has 0 saturated carbocycles. The number of hydrogen-bond acceptors (Lipinski definition) is 5. The van der Waals surface area contributed by atoms with Crippen molar-refractivity contribution in [2.24, 2.45) is 15.9 Å². The van der Waals surface area contributed by atoms with E-state index in [1.807, 2.05) is 30.3 Å². The first kappa shape index (κ1) is 22.3. The van der Waals surface area contributed by atoms with Crippen molar-refractivity contribution in [2.75, 3.05) is 7.11 Å². The zero-order chi connectivity index (χ0) is 22.1. The predicted molar refractivity (Wildman–Crippen MR) is 121 cm³/mol. The summed E-state index contributed by atoms with van der Waals surface area (Å²) in [6.45, 7) is 0.0335. The summed E-state index contributed by atoms with van der Waals surface area (Å²) in [6.07, 6.45) is 1.55. The molecule has 8 heteroatoms. The highest BCUT2D eigenvalue weighted by atomic mass is 32.2. The average molecular weight is 442 g/mol. The summed E-state index contributed by atoms with van der Waals surface area (Å²) in [4.78, 5) is 0. The lowest BCUT2D eigenvalue weighted by molar-refractivity contribution is 0.282. The van der Waals surface area contributed by atoms with Crippen LogP contribution in [0.5, 0.6) is 11.5 Å². The van der Waals surface area contributed by atoms with Gasteiger partial charge >= 0.3 is 0 Å². The summed E-state index contributed by atoms with van der Waals surface area (Å²) in [6, 6.07) is 18.4. The van der Waals surface area contributed by atoms with Gasteiger partial charge in [0, 0.05) is 17.4 Å². The Morgan fingerprint density at radius 1 is 1.03 bits per heavy atom. The van der Waals surface area contributed by atoms with Crippen LogP contribution in [0.2, 0.25) is 0 Å². The van der Waals surface area contributed by atoms with E-state index in [2.05, 4.69) is 10.2 Å². The maximum Gasteiger partial charge on any atom is 0.180 e. The standard InChI is InChI=1S/C23H21F2N3O2S/c1-29-21-9-7-17(11-18(21)14-30-22-10-8-19(24)12-20(22)25)13-27-28-23(26)31-15-16-5-3-2-4-6-16/h2-13H,14-15H2,1H3,(H2,26,28). The van der Waals surface area contributed by atoms with Gasteiger partial charge in [-0.1, -0.05) is 42.1 Å². The van der Waals surface area contributed by atoms with Gasteiger partial charge in [-0.2, -0.15) is 5.10 Å². The van der Waals surface area contributed by atoms with Gasteiger partial charge in [-0.15, -0.1) is 5.10 Å². The van der Waals surface area contributed by atoms with E-state index < -0.39 is 11.6 Å². The van der Waals surface area contributed by atoms with Crippen molar-refractivity contribution in [3.8, 4) is 11.5 Å². The lowest BCUT2D eigenvalue weighted by Gasteiger charge is -2.11. The van der Waals surface area contributed by atoms with E-state index in [9.17, 15) is 8.78 Å². The second kappa shape index (κ2) is 11.1. The first-order valence-corrected chi connectivity index (χ1v) is 10.3. The Bertz CT molecular complexity index is 1080. The molecular weight excluding hydrogens is 420 g/mol. The van der Waals surface area contributed by atoms with Crippen LogP contribution in [0.1, 0.15) is 16.7 Å². The van der Waals surface area contributed by atoms with Crippen molar-refractivity contribution in [3.63, 3.8) is 0 Å². The number of rotatable bonds is 8. The van der Waals surface area contributed by atoms with Crippen molar-refractivity contribution in [1.82, 2.24) is 0 Å². The molecule has 3 aromatic rings. The molecule has 160 valence electrons. The summed E-state index contributed by atoms with van der Waals surface area (Å²) in [7, 11) is 1.53. The van der Waals surface area contributed by atoms with Crippen LogP contribution < -0.4 is 15.2 Å². The lowest BCUT2D eigenvalue weighted by Crippen LogP contribution is -2.06. The highest BCUT2D eigenvalue weighted by Crippen LogP contribution is 2.24. The normalized spacial score (nSPS) is 11.6. The second-order valence-corrected chi connectivity index (χ2v) is 7.39. The van der Waals surface area contributed by atoms with Crippen molar-refractivity contribution < 1.29 is 18.3 Å². The largest absolute Gasteiger partial charge is 0.496 e. The van der Waals surface area contributed by atoms with Crippen LogP contribution in [0.15, 0.2) is 76.9 Å². The van der Waals surface area contributed by atoms with Crippen LogP contribution in [-0.4, -0.2) is 18.5 Å². The highest BCUT2D eigenvalue weighted by molar-refractivity contribution is 8.13. The zero-order valence-electron chi connectivity index (χ0n) is 16.8. The predicted octanol–water partition coefficient (Wildman–Crippen LogP) is 5.13. The Hall–Kier alpha value is -3.39. The molecular formula is C23H21F2N3O2S. The molecule has 31 heavy (non-hydrogen) atoms. The van der Waals surface area contributed by atoms with Gasteiger partial charge in [0.15, 0.2) is 16.7 Å². The van der Waals surface area contributed by atoms with Crippen LogP contribution >= 0.6 is 11.8 Å². The first-order valence-electron chi connectivity index (χ1n) is 9.33. The van der Waals surface area contributed by atoms with Crippen molar-refractivity contribution in [1.29, 1.82) is 0 Å². The number of methoxy groups -OCH3 is 1. The van der Waals surface area contributed by atoms with Crippen molar-refractivity contribution in [2.45, 2.75) is 12.4 Å². The lowest BCUT2D eigenvalue weighted by atomic mass is 10.1. The van der Waals surface area contributed by atoms with Crippen LogP contribution in [-0.2, 0) is 12.4 Å². The second-order valence-electron chi connectivity index (χ2n) is 6.39. The third kappa shape index (κ3) is 6.82. The third-order valence-electron chi connectivity index (χ3n) is 4.17. The van der Waals surface area contributed by atoms with E-state index in [4.69, 9.17) is 15.2 Å². The molecule has 3 aromatic carbocycles. The topological polar surface area (TPSA) is 69.2 Å². The average Bonchev–Trinajstić information content (AvgIpc) is 2.78. The zero-order valence-corrected chi connectivity index (χ0v) is 17.6. The maximum absolute atomic E-state index is 13.8. The Morgan fingerprint density at radius 3 is 2.55 bits per heavy atom. The molecule has 0 fully saturated rings. The summed E-state index contributed by atoms with van der Waals surface area (Å²) >= 11 is 1.39. The molecule has 0 aliphatic heterocycles. The number of halogens is 2. The molecule has 0 aromatic heterocycles. The van der Waals surface area contributed by atoms with E-state index in [1.165, 1.54) is 24.9 Å². The fourth-order valence-electron chi connectivity index (χ4n) is 2.65. The van der Waals surface area contributed by atoms with E-state index in [0.717, 1.165) is 23.3 Å². The number of nitrogens with zero attached hydrogens (tertiary/aromatic N) is 2. The molecule has 0 amide bonds. The number of thioether (sulfide) groups is 1. The number of nitrogens with two attached hydrogens (primary N) is 1. The van der Waals surface area contributed by atoms with Crippen molar-refractivity contribution in [3.05, 3.63) is 95.1 Å². The Labute approximate surface area is 183 Å². The molecule has 0 aliphatic carbocycles. The highest BCUT2D eigenvalue weighted by Gasteiger charge is 2.09. The number of ether oxygens (including phenoxy) is 2. The molecule has 0 saturated heterocycles. The maximum atomic E-state index is 13.8. The van der Waals surface area contributed by atoms with Crippen LogP contribution in [0, 0.1) is 11.6 Å². The minimum atomic E-state index is -0.769. The van der Waals surface area contributed by atoms with Gasteiger partial charge in [0.05, 0.1) is 13.3 Å². The summed E-state index contributed by atoms with van der Waals surface area (Å²) < 4.78 is 37.6. The smallest absolute Gasteiger partial charge is 0.180 e. The van der Waals surface area contributed by atoms with Gasteiger partial charge < -0.3 is 15.2 Å². The molecule has 0 bridgehead atoms. The number of amidine groups is 1. The van der Waals surface area contributed by atoms with Gasteiger partial charge in [-0.3, -0.25) is 0 Å². The Kier molecular flexibility index (Phi) is 8.00. The minimum absolute atomic E-state index is 0.0335. The monoisotopic (exact) mass is 441 g/mol. The summed E-state index contributed by atoms with van der Waals surface area (Å²) in [5, 5.41) is 8.38. The molecule has 0 aliphatic rings. The van der Waals surface area contributed by atoms with Crippen LogP contribution in [0.4, 0.5) is 8.78 Å². The SMILES string of the molecule is COc1ccc(C=NN=C(N)SCc2ccccc2)cc1COc1ccc(F)cc1F. The third-order valence-corrected chi connectivity index (χ3v) is 5.03. The van der Waals surface area contributed by atoms with E-state index in [-0.39, 0.29) is 12.4 Å². The number of benzene rings is 3. The summed E-state index contributed by atoms with van der Waals surface area (Å²) in [5.41, 5.74) is 8.45. The molecule has 0 spiro atoms. The van der Waals surface area contributed by atoms with Gasteiger partial charge in [-0.25, -0.2) is 8.78 Å². The molecule has 0 unspecified atom stereocenters. The van der Waals surface area contributed by atoms with Gasteiger partial charge in [0.1, 0.15) is 18.2 Å². The molecule has 0 radical (unpaired) electrons. The minimum Gasteiger partial charge on any atom is -0.496 e. The fourth-order valence-corrected chi connectivity index (χ4v) is 3.26. The van der Waals surface area contributed by atoms with Crippen molar-refractivity contribution >= 4 is 23.1 Å². The van der Waals surface area contributed by atoms with Crippen LogP contribution in [0.25, 0.3) is 0 Å². The first-order chi connectivity index (χ1) is 15.0. The molecule has 2 N–H and O–H groups in total. The summed E-state index contributed by atoms with van der Waals surface area (Å²) in [5.74, 6) is -0.205. The number of hydrogen-bond donors (Lipinski definition) is 1. The quantitative estimate of drug-likeness (QED) is 0.299. The van der Waals surface area contributed by atoms with Gasteiger partial charge in [0.2, 0.25) is 0 Å². The Morgan fingerprint density at radius 2 is 1.81 bits per heavy atom. The Balaban J connectivity index is 1.63. The molecule has 5 nitrogen and oxygen atoms in total. The molecule has 3 rings (SSSR count). The molecule has 0 heterocycles.